The molecule has 4 rings (SSSR count). The second kappa shape index (κ2) is 6.82. The predicted molar refractivity (Wildman–Crippen MR) is 104 cm³/mol. The van der Waals surface area contributed by atoms with Gasteiger partial charge in [-0.25, -0.2) is 0 Å². The molecule has 0 aliphatic heterocycles. The summed E-state index contributed by atoms with van der Waals surface area (Å²) in [5, 5.41) is 18.7. The SMILES string of the molecule is BrC(C=NNc1nn2cnnc2c2ccccc12)=Cc1ccccc1. The highest BCUT2D eigenvalue weighted by Crippen LogP contribution is 2.23. The molecule has 0 amide bonds. The zero-order valence-electron chi connectivity index (χ0n) is 13.0. The van der Waals surface area contributed by atoms with Crippen LogP contribution in [0.15, 0.2) is 70.5 Å². The molecule has 0 spiro atoms. The van der Waals surface area contributed by atoms with E-state index in [9.17, 15) is 0 Å². The van der Waals surface area contributed by atoms with E-state index in [4.69, 9.17) is 0 Å². The second-order valence-electron chi connectivity index (χ2n) is 5.30. The Morgan fingerprint density at radius 3 is 2.64 bits per heavy atom. The van der Waals surface area contributed by atoms with Gasteiger partial charge in [-0.05, 0) is 27.6 Å². The summed E-state index contributed by atoms with van der Waals surface area (Å²) in [6.07, 6.45) is 5.25. The summed E-state index contributed by atoms with van der Waals surface area (Å²) < 4.78 is 2.48. The Morgan fingerprint density at radius 1 is 1.04 bits per heavy atom. The number of hydrogen-bond donors (Lipinski definition) is 1. The van der Waals surface area contributed by atoms with Gasteiger partial charge in [0.15, 0.2) is 11.5 Å². The third kappa shape index (κ3) is 3.27. The molecule has 0 fully saturated rings. The minimum absolute atomic E-state index is 0.638. The Labute approximate surface area is 152 Å². The van der Waals surface area contributed by atoms with Crippen LogP contribution in [0.4, 0.5) is 5.82 Å². The van der Waals surface area contributed by atoms with E-state index in [2.05, 4.69) is 41.8 Å². The van der Waals surface area contributed by atoms with Crippen molar-refractivity contribution in [2.45, 2.75) is 0 Å². The topological polar surface area (TPSA) is 67.5 Å². The molecule has 7 heteroatoms. The molecule has 0 atom stereocenters. The number of rotatable bonds is 4. The molecule has 4 aromatic rings. The summed E-state index contributed by atoms with van der Waals surface area (Å²) in [7, 11) is 0. The maximum atomic E-state index is 4.48. The first kappa shape index (κ1) is 15.5. The fraction of sp³-hybridized carbons (Fsp3) is 0. The molecule has 1 N–H and O–H groups in total. The Balaban J connectivity index is 1.63. The number of fused-ring (bicyclic) bond motifs is 3. The number of allylic oxidation sites excluding steroid dienone is 1. The zero-order valence-corrected chi connectivity index (χ0v) is 14.6. The van der Waals surface area contributed by atoms with Crippen molar-refractivity contribution in [3.63, 3.8) is 0 Å². The first-order chi connectivity index (χ1) is 12.3. The van der Waals surface area contributed by atoms with Gasteiger partial charge in [0.2, 0.25) is 0 Å². The molecule has 6 nitrogen and oxygen atoms in total. The molecule has 0 radical (unpaired) electrons. The van der Waals surface area contributed by atoms with Crippen molar-refractivity contribution in [1.82, 2.24) is 19.8 Å². The highest BCUT2D eigenvalue weighted by atomic mass is 79.9. The summed E-state index contributed by atoms with van der Waals surface area (Å²) in [5.41, 5.74) is 4.81. The van der Waals surface area contributed by atoms with Crippen molar-refractivity contribution in [1.29, 1.82) is 0 Å². The normalized spacial score (nSPS) is 12.3. The maximum Gasteiger partial charge on any atom is 0.185 e. The molecule has 0 unspecified atom stereocenters. The highest BCUT2D eigenvalue weighted by Gasteiger charge is 2.08. The van der Waals surface area contributed by atoms with Gasteiger partial charge in [-0.15, -0.1) is 15.3 Å². The first-order valence-electron chi connectivity index (χ1n) is 7.61. The molecule has 2 aromatic carbocycles. The number of hydrogen-bond acceptors (Lipinski definition) is 5. The monoisotopic (exact) mass is 392 g/mol. The molecule has 122 valence electrons. The smallest absolute Gasteiger partial charge is 0.185 e. The minimum Gasteiger partial charge on any atom is -0.259 e. The molecular weight excluding hydrogens is 380 g/mol. The second-order valence-corrected chi connectivity index (χ2v) is 6.22. The fourth-order valence-corrected chi connectivity index (χ4v) is 2.88. The van der Waals surface area contributed by atoms with E-state index in [1.807, 2.05) is 60.7 Å². The van der Waals surface area contributed by atoms with Crippen LogP contribution in [0.25, 0.3) is 22.5 Å². The molecule has 0 aliphatic carbocycles. The molecular formula is C18H13BrN6. The lowest BCUT2D eigenvalue weighted by atomic mass is 10.2. The summed E-state index contributed by atoms with van der Waals surface area (Å²) >= 11 is 3.50. The number of anilines is 1. The van der Waals surface area contributed by atoms with Crippen LogP contribution in [-0.2, 0) is 0 Å². The van der Waals surface area contributed by atoms with Crippen LogP contribution in [0.5, 0.6) is 0 Å². The van der Waals surface area contributed by atoms with Gasteiger partial charge < -0.3 is 0 Å². The number of aromatic nitrogens is 4. The average Bonchev–Trinajstić information content (AvgIpc) is 3.11. The predicted octanol–water partition coefficient (Wildman–Crippen LogP) is 4.11. The Hall–Kier alpha value is -3.06. The van der Waals surface area contributed by atoms with E-state index in [-0.39, 0.29) is 0 Å². The first-order valence-corrected chi connectivity index (χ1v) is 8.41. The van der Waals surface area contributed by atoms with Gasteiger partial charge in [-0.1, -0.05) is 54.6 Å². The standard InChI is InChI=1S/C18H13BrN6/c19-14(10-13-6-2-1-3-7-13)11-20-22-17-15-8-4-5-9-16(15)18-23-21-12-25(18)24-17/h1-12H,(H,22,24). The van der Waals surface area contributed by atoms with Gasteiger partial charge in [0.05, 0.1) is 6.21 Å². The van der Waals surface area contributed by atoms with Crippen molar-refractivity contribution in [3.05, 3.63) is 71.0 Å². The molecule has 2 heterocycles. The molecule has 25 heavy (non-hydrogen) atoms. The summed E-state index contributed by atoms with van der Waals surface area (Å²) in [6.45, 7) is 0. The third-order valence-corrected chi connectivity index (χ3v) is 4.06. The van der Waals surface area contributed by atoms with E-state index in [0.717, 1.165) is 26.5 Å². The Bertz CT molecular complexity index is 1080. The van der Waals surface area contributed by atoms with Crippen molar-refractivity contribution in [2.75, 3.05) is 5.43 Å². The van der Waals surface area contributed by atoms with Crippen molar-refractivity contribution >= 4 is 50.5 Å². The van der Waals surface area contributed by atoms with Gasteiger partial charge in [-0.2, -0.15) is 9.62 Å². The van der Waals surface area contributed by atoms with Crippen LogP contribution in [0.2, 0.25) is 0 Å². The lowest BCUT2D eigenvalue weighted by molar-refractivity contribution is 0.934. The number of halogens is 1. The van der Waals surface area contributed by atoms with E-state index >= 15 is 0 Å². The molecule has 0 bridgehead atoms. The van der Waals surface area contributed by atoms with E-state index in [1.54, 1.807) is 17.1 Å². The van der Waals surface area contributed by atoms with Crippen LogP contribution in [0.1, 0.15) is 5.56 Å². The quantitative estimate of drug-likeness (QED) is 0.419. The van der Waals surface area contributed by atoms with Gasteiger partial charge in [-0.3, -0.25) is 5.43 Å². The van der Waals surface area contributed by atoms with Crippen molar-refractivity contribution in [2.24, 2.45) is 5.10 Å². The number of nitrogens with one attached hydrogen (secondary N) is 1. The molecule has 0 saturated heterocycles. The Kier molecular flexibility index (Phi) is 4.22. The highest BCUT2D eigenvalue weighted by molar-refractivity contribution is 9.12. The number of benzene rings is 2. The van der Waals surface area contributed by atoms with Crippen LogP contribution in [0, 0.1) is 0 Å². The zero-order chi connectivity index (χ0) is 17.1. The summed E-state index contributed by atoms with van der Waals surface area (Å²) in [4.78, 5) is 0. The average molecular weight is 393 g/mol. The van der Waals surface area contributed by atoms with Gasteiger partial charge >= 0.3 is 0 Å². The van der Waals surface area contributed by atoms with E-state index in [1.165, 1.54) is 0 Å². The van der Waals surface area contributed by atoms with E-state index < -0.39 is 0 Å². The maximum absolute atomic E-state index is 4.48. The Morgan fingerprint density at radius 2 is 1.80 bits per heavy atom. The number of nitrogens with zero attached hydrogens (tertiary/aromatic N) is 5. The fourth-order valence-electron chi connectivity index (χ4n) is 2.51. The van der Waals surface area contributed by atoms with Crippen LogP contribution >= 0.6 is 15.9 Å². The van der Waals surface area contributed by atoms with Gasteiger partial charge in [0.1, 0.15) is 6.33 Å². The largest absolute Gasteiger partial charge is 0.259 e. The van der Waals surface area contributed by atoms with E-state index in [0.29, 0.717) is 5.82 Å². The summed E-state index contributed by atoms with van der Waals surface area (Å²) in [6, 6.07) is 17.9. The minimum atomic E-state index is 0.638. The summed E-state index contributed by atoms with van der Waals surface area (Å²) in [5.74, 6) is 0.638. The van der Waals surface area contributed by atoms with Gasteiger partial charge in [0.25, 0.3) is 0 Å². The lowest BCUT2D eigenvalue weighted by Crippen LogP contribution is -2.00. The van der Waals surface area contributed by atoms with Crippen LogP contribution in [-0.4, -0.2) is 26.0 Å². The number of hydrazone groups is 1. The molecule has 2 aromatic heterocycles. The lowest BCUT2D eigenvalue weighted by Gasteiger charge is -2.05. The van der Waals surface area contributed by atoms with Crippen LogP contribution in [0.3, 0.4) is 0 Å². The van der Waals surface area contributed by atoms with Gasteiger partial charge in [0, 0.05) is 15.3 Å². The van der Waals surface area contributed by atoms with Crippen molar-refractivity contribution in [3.8, 4) is 0 Å². The van der Waals surface area contributed by atoms with Crippen molar-refractivity contribution < 1.29 is 0 Å². The molecule has 0 aliphatic rings. The molecule has 0 saturated carbocycles. The third-order valence-electron chi connectivity index (χ3n) is 3.62. The van der Waals surface area contributed by atoms with Crippen LogP contribution < -0.4 is 5.43 Å².